The Morgan fingerprint density at radius 2 is 1.73 bits per heavy atom. The molecule has 5 nitrogen and oxygen atoms in total. The fourth-order valence-electron chi connectivity index (χ4n) is 4.49. The maximum Gasteiger partial charge on any atom is 0.319 e. The predicted octanol–water partition coefficient (Wildman–Crippen LogP) is 4.53. The van der Waals surface area contributed by atoms with Crippen molar-refractivity contribution in [3.05, 3.63) is 95.1 Å². The highest BCUT2D eigenvalue weighted by Crippen LogP contribution is 2.40. The number of para-hydroxylation sites is 1. The van der Waals surface area contributed by atoms with E-state index in [9.17, 15) is 9.90 Å². The van der Waals surface area contributed by atoms with Crippen LogP contribution in [0.15, 0.2) is 72.8 Å². The Morgan fingerprint density at radius 3 is 2.60 bits per heavy atom. The van der Waals surface area contributed by atoms with Crippen LogP contribution in [0.25, 0.3) is 0 Å². The van der Waals surface area contributed by atoms with Gasteiger partial charge in [-0.3, -0.25) is 0 Å². The Hall–Kier alpha value is -3.31. The zero-order chi connectivity index (χ0) is 20.5. The molecule has 0 fully saturated rings. The van der Waals surface area contributed by atoms with E-state index in [1.54, 1.807) is 0 Å². The monoisotopic (exact) mass is 400 g/mol. The number of aliphatic hydroxyl groups is 1. The Labute approximate surface area is 175 Å². The molecule has 0 radical (unpaired) electrons. The minimum absolute atomic E-state index is 0.123. The summed E-state index contributed by atoms with van der Waals surface area (Å²) in [7, 11) is 0. The van der Waals surface area contributed by atoms with Crippen molar-refractivity contribution in [2.45, 2.75) is 37.5 Å². The zero-order valence-corrected chi connectivity index (χ0v) is 16.5. The summed E-state index contributed by atoms with van der Waals surface area (Å²) in [6.45, 7) is 0. The average Bonchev–Trinajstić information content (AvgIpc) is 3.15. The molecule has 2 aliphatic rings. The summed E-state index contributed by atoms with van der Waals surface area (Å²) < 4.78 is 6.22. The maximum atomic E-state index is 12.9. The van der Waals surface area contributed by atoms with Gasteiger partial charge in [0.05, 0.1) is 12.1 Å². The van der Waals surface area contributed by atoms with Crippen LogP contribution in [0.1, 0.15) is 40.8 Å². The number of aliphatic hydroxyl groups excluding tert-OH is 1. The molecule has 0 aromatic heterocycles. The highest BCUT2D eigenvalue weighted by Gasteiger charge is 2.30. The van der Waals surface area contributed by atoms with E-state index in [-0.39, 0.29) is 24.3 Å². The van der Waals surface area contributed by atoms with Crippen LogP contribution in [0.3, 0.4) is 0 Å². The van der Waals surface area contributed by atoms with Crippen molar-refractivity contribution in [2.24, 2.45) is 0 Å². The zero-order valence-electron chi connectivity index (χ0n) is 16.5. The molecule has 152 valence electrons. The first-order valence-electron chi connectivity index (χ1n) is 10.3. The molecule has 3 unspecified atom stereocenters. The van der Waals surface area contributed by atoms with Gasteiger partial charge in [0.2, 0.25) is 0 Å². The number of rotatable bonds is 3. The fraction of sp³-hybridized carbons (Fsp3) is 0.240. The van der Waals surface area contributed by atoms with Crippen LogP contribution in [0.2, 0.25) is 0 Å². The first kappa shape index (κ1) is 18.7. The fourth-order valence-corrected chi connectivity index (χ4v) is 4.49. The standard InChI is InChI=1S/C25H24N2O3/c28-18-13-17-9-6-11-21(20(17)14-18)26-25(29)27-22-15-24(16-7-2-1-3-8-16)30-23-12-5-4-10-19(22)23/h1-12,18,22,24,28H,13-15H2,(H2,26,27,29). The Morgan fingerprint density at radius 1 is 0.933 bits per heavy atom. The van der Waals surface area contributed by atoms with Crippen LogP contribution in [-0.4, -0.2) is 17.2 Å². The van der Waals surface area contributed by atoms with Gasteiger partial charge in [0.25, 0.3) is 0 Å². The molecule has 0 bridgehead atoms. The van der Waals surface area contributed by atoms with E-state index in [4.69, 9.17) is 4.74 Å². The van der Waals surface area contributed by atoms with Crippen LogP contribution < -0.4 is 15.4 Å². The molecule has 0 saturated carbocycles. The van der Waals surface area contributed by atoms with Crippen molar-refractivity contribution >= 4 is 11.7 Å². The van der Waals surface area contributed by atoms with E-state index in [2.05, 4.69) is 10.6 Å². The first-order chi connectivity index (χ1) is 14.7. The van der Waals surface area contributed by atoms with Gasteiger partial charge in [-0.1, -0.05) is 60.7 Å². The summed E-state index contributed by atoms with van der Waals surface area (Å²) in [5.41, 5.74) is 4.96. The quantitative estimate of drug-likeness (QED) is 0.605. The second-order valence-corrected chi connectivity index (χ2v) is 7.95. The lowest BCUT2D eigenvalue weighted by Crippen LogP contribution is -2.36. The summed E-state index contributed by atoms with van der Waals surface area (Å²) in [5, 5.41) is 16.1. The molecule has 5 heteroatoms. The largest absolute Gasteiger partial charge is 0.485 e. The van der Waals surface area contributed by atoms with Gasteiger partial charge in [-0.25, -0.2) is 4.79 Å². The molecular weight excluding hydrogens is 376 g/mol. The number of hydrogen-bond donors (Lipinski definition) is 3. The summed E-state index contributed by atoms with van der Waals surface area (Å²) in [6.07, 6.45) is 1.36. The van der Waals surface area contributed by atoms with Crippen molar-refractivity contribution < 1.29 is 14.6 Å². The van der Waals surface area contributed by atoms with Gasteiger partial charge in [0, 0.05) is 24.1 Å². The van der Waals surface area contributed by atoms with Crippen molar-refractivity contribution in [2.75, 3.05) is 5.32 Å². The van der Waals surface area contributed by atoms with Crippen molar-refractivity contribution in [1.82, 2.24) is 5.32 Å². The smallest absolute Gasteiger partial charge is 0.319 e. The van der Waals surface area contributed by atoms with Crippen LogP contribution in [-0.2, 0) is 12.8 Å². The summed E-state index contributed by atoms with van der Waals surface area (Å²) in [4.78, 5) is 12.9. The predicted molar refractivity (Wildman–Crippen MR) is 116 cm³/mol. The van der Waals surface area contributed by atoms with Gasteiger partial charge in [-0.2, -0.15) is 0 Å². The molecule has 3 aromatic carbocycles. The number of urea groups is 1. The summed E-state index contributed by atoms with van der Waals surface area (Å²) in [6, 6.07) is 23.3. The van der Waals surface area contributed by atoms with Crippen LogP contribution in [0.4, 0.5) is 10.5 Å². The highest BCUT2D eigenvalue weighted by molar-refractivity contribution is 5.90. The second-order valence-electron chi connectivity index (χ2n) is 7.95. The number of ether oxygens (including phenoxy) is 1. The summed E-state index contributed by atoms with van der Waals surface area (Å²) in [5.74, 6) is 0.798. The van der Waals surface area contributed by atoms with Crippen LogP contribution >= 0.6 is 0 Å². The van der Waals surface area contributed by atoms with Crippen molar-refractivity contribution in [3.8, 4) is 5.75 Å². The van der Waals surface area contributed by atoms with Crippen molar-refractivity contribution in [3.63, 3.8) is 0 Å². The molecule has 0 spiro atoms. The minimum atomic E-state index is -0.375. The molecule has 0 saturated heterocycles. The third-order valence-electron chi connectivity index (χ3n) is 5.91. The topological polar surface area (TPSA) is 70.6 Å². The van der Waals surface area contributed by atoms with Gasteiger partial charge >= 0.3 is 6.03 Å². The van der Waals surface area contributed by atoms with Crippen molar-refractivity contribution in [1.29, 1.82) is 0 Å². The number of carbonyl (C=O) groups excluding carboxylic acids is 1. The Balaban J connectivity index is 1.36. The maximum absolute atomic E-state index is 12.9. The SMILES string of the molecule is O=C(Nc1cccc2c1CC(O)C2)NC1CC(c2ccccc2)Oc2ccccc21. The number of benzene rings is 3. The number of hydrogen-bond acceptors (Lipinski definition) is 3. The molecule has 3 N–H and O–H groups in total. The molecule has 30 heavy (non-hydrogen) atoms. The average molecular weight is 400 g/mol. The number of fused-ring (bicyclic) bond motifs is 2. The van der Waals surface area contributed by atoms with Gasteiger partial charge in [0.1, 0.15) is 11.9 Å². The normalized spacial score (nSPS) is 21.8. The molecule has 3 aromatic rings. The first-order valence-corrected chi connectivity index (χ1v) is 10.3. The van der Waals surface area contributed by atoms with E-state index in [1.807, 2.05) is 72.8 Å². The minimum Gasteiger partial charge on any atom is -0.485 e. The van der Waals surface area contributed by atoms with E-state index in [1.165, 1.54) is 0 Å². The van der Waals surface area contributed by atoms with Gasteiger partial charge in [-0.05, 0) is 35.2 Å². The number of nitrogens with one attached hydrogen (secondary N) is 2. The number of amides is 2. The third-order valence-corrected chi connectivity index (χ3v) is 5.91. The third kappa shape index (κ3) is 3.64. The lowest BCUT2D eigenvalue weighted by Gasteiger charge is -2.33. The molecule has 2 amide bonds. The van der Waals surface area contributed by atoms with E-state index in [0.29, 0.717) is 19.3 Å². The van der Waals surface area contributed by atoms with Gasteiger partial charge in [0.15, 0.2) is 0 Å². The van der Waals surface area contributed by atoms with E-state index in [0.717, 1.165) is 33.7 Å². The molecular formula is C25H24N2O3. The van der Waals surface area contributed by atoms with Crippen LogP contribution in [0, 0.1) is 0 Å². The second kappa shape index (κ2) is 7.84. The molecule has 5 rings (SSSR count). The van der Waals surface area contributed by atoms with Gasteiger partial charge < -0.3 is 20.5 Å². The molecule has 1 aliphatic heterocycles. The number of carbonyl (C=O) groups is 1. The Kier molecular flexibility index (Phi) is 4.89. The number of anilines is 1. The molecule has 1 heterocycles. The van der Waals surface area contributed by atoms with E-state index >= 15 is 0 Å². The highest BCUT2D eigenvalue weighted by atomic mass is 16.5. The van der Waals surface area contributed by atoms with Crippen LogP contribution in [0.5, 0.6) is 5.75 Å². The van der Waals surface area contributed by atoms with E-state index < -0.39 is 0 Å². The lowest BCUT2D eigenvalue weighted by molar-refractivity contribution is 0.153. The summed E-state index contributed by atoms with van der Waals surface area (Å²) >= 11 is 0. The lowest BCUT2D eigenvalue weighted by atomic mass is 9.93. The molecule has 3 atom stereocenters. The Bertz CT molecular complexity index is 1070. The van der Waals surface area contributed by atoms with Gasteiger partial charge in [-0.15, -0.1) is 0 Å². The molecule has 1 aliphatic carbocycles.